The first kappa shape index (κ1) is 21.4. The van der Waals surface area contributed by atoms with Crippen molar-refractivity contribution in [2.45, 2.75) is 0 Å². The predicted octanol–water partition coefficient (Wildman–Crippen LogP) is 10.9. The van der Waals surface area contributed by atoms with Crippen molar-refractivity contribution >= 4 is 75.2 Å². The SMILES string of the molecule is c1ccc2c(c1)cc(-c1ccc(Nc3cccc4c3sc3ccc5ccccc5c34)cc1)c1ccccc12. The van der Waals surface area contributed by atoms with E-state index in [0.29, 0.717) is 0 Å². The Morgan fingerprint density at radius 2 is 1.16 bits per heavy atom. The molecule has 8 rings (SSSR count). The summed E-state index contributed by atoms with van der Waals surface area (Å²) in [6.45, 7) is 0. The highest BCUT2D eigenvalue weighted by atomic mass is 32.1. The first-order valence-electron chi connectivity index (χ1n) is 12.9. The van der Waals surface area contributed by atoms with Crippen LogP contribution in [0.5, 0.6) is 0 Å². The molecule has 0 saturated carbocycles. The van der Waals surface area contributed by atoms with Crippen LogP contribution in [0.3, 0.4) is 0 Å². The molecule has 0 radical (unpaired) electrons. The number of thiophene rings is 1. The third kappa shape index (κ3) is 3.31. The van der Waals surface area contributed by atoms with E-state index in [1.54, 1.807) is 0 Å². The molecule has 0 amide bonds. The molecule has 0 unspecified atom stereocenters. The zero-order valence-corrected chi connectivity index (χ0v) is 21.4. The second-order valence-electron chi connectivity index (χ2n) is 9.84. The summed E-state index contributed by atoms with van der Waals surface area (Å²) in [7, 11) is 0. The summed E-state index contributed by atoms with van der Waals surface area (Å²) in [4.78, 5) is 0. The van der Waals surface area contributed by atoms with E-state index in [-0.39, 0.29) is 0 Å². The van der Waals surface area contributed by atoms with Gasteiger partial charge in [0.25, 0.3) is 0 Å². The highest BCUT2D eigenvalue weighted by molar-refractivity contribution is 7.26. The van der Waals surface area contributed by atoms with Crippen molar-refractivity contribution in [1.82, 2.24) is 0 Å². The summed E-state index contributed by atoms with van der Waals surface area (Å²) in [5.41, 5.74) is 4.73. The zero-order chi connectivity index (χ0) is 25.1. The molecule has 178 valence electrons. The van der Waals surface area contributed by atoms with Gasteiger partial charge in [0.2, 0.25) is 0 Å². The molecule has 1 N–H and O–H groups in total. The minimum Gasteiger partial charge on any atom is -0.354 e. The van der Waals surface area contributed by atoms with Crippen LogP contribution < -0.4 is 5.32 Å². The van der Waals surface area contributed by atoms with Crippen LogP contribution in [-0.2, 0) is 0 Å². The molecule has 0 aliphatic heterocycles. The summed E-state index contributed by atoms with van der Waals surface area (Å²) in [5, 5.41) is 14.1. The van der Waals surface area contributed by atoms with Gasteiger partial charge in [0, 0.05) is 21.2 Å². The molecule has 1 heterocycles. The van der Waals surface area contributed by atoms with Gasteiger partial charge in [0.1, 0.15) is 0 Å². The molecule has 0 saturated heterocycles. The van der Waals surface area contributed by atoms with Crippen LogP contribution in [0.25, 0.3) is 63.6 Å². The summed E-state index contributed by atoms with van der Waals surface area (Å²) in [6, 6.07) is 48.3. The monoisotopic (exact) mass is 501 g/mol. The normalized spacial score (nSPS) is 11.7. The maximum Gasteiger partial charge on any atom is 0.0590 e. The van der Waals surface area contributed by atoms with E-state index in [1.807, 2.05) is 11.3 Å². The van der Waals surface area contributed by atoms with Gasteiger partial charge in [-0.15, -0.1) is 11.3 Å². The van der Waals surface area contributed by atoms with Gasteiger partial charge in [-0.3, -0.25) is 0 Å². The molecule has 2 heteroatoms. The van der Waals surface area contributed by atoms with Crippen LogP contribution >= 0.6 is 11.3 Å². The van der Waals surface area contributed by atoms with Crippen LogP contribution in [0, 0.1) is 0 Å². The van der Waals surface area contributed by atoms with Gasteiger partial charge < -0.3 is 5.32 Å². The lowest BCUT2D eigenvalue weighted by Gasteiger charge is -2.12. The Morgan fingerprint density at radius 3 is 2.00 bits per heavy atom. The Labute approximate surface area is 224 Å². The molecular weight excluding hydrogens is 478 g/mol. The Hall–Kier alpha value is -4.66. The van der Waals surface area contributed by atoms with Crippen LogP contribution in [0.1, 0.15) is 0 Å². The maximum atomic E-state index is 3.71. The van der Waals surface area contributed by atoms with Crippen molar-refractivity contribution in [1.29, 1.82) is 0 Å². The molecule has 0 atom stereocenters. The third-order valence-electron chi connectivity index (χ3n) is 7.63. The van der Waals surface area contributed by atoms with Gasteiger partial charge in [0.05, 0.1) is 10.4 Å². The van der Waals surface area contributed by atoms with E-state index in [4.69, 9.17) is 0 Å². The molecule has 1 nitrogen and oxygen atoms in total. The summed E-state index contributed by atoms with van der Waals surface area (Å²) < 4.78 is 2.62. The third-order valence-corrected chi connectivity index (χ3v) is 8.83. The lowest BCUT2D eigenvalue weighted by Crippen LogP contribution is -1.90. The fraction of sp³-hybridized carbons (Fsp3) is 0. The van der Waals surface area contributed by atoms with Crippen molar-refractivity contribution in [2.24, 2.45) is 0 Å². The highest BCUT2D eigenvalue weighted by Crippen LogP contribution is 2.42. The topological polar surface area (TPSA) is 12.0 Å². The maximum absolute atomic E-state index is 3.71. The fourth-order valence-electron chi connectivity index (χ4n) is 5.85. The van der Waals surface area contributed by atoms with Crippen LogP contribution in [0.15, 0.2) is 133 Å². The van der Waals surface area contributed by atoms with E-state index >= 15 is 0 Å². The Balaban J connectivity index is 1.21. The lowest BCUT2D eigenvalue weighted by molar-refractivity contribution is 1.58. The second-order valence-corrected chi connectivity index (χ2v) is 10.9. The second kappa shape index (κ2) is 8.44. The highest BCUT2D eigenvalue weighted by Gasteiger charge is 2.12. The average Bonchev–Trinajstić information content (AvgIpc) is 3.38. The Bertz CT molecular complexity index is 2150. The van der Waals surface area contributed by atoms with E-state index in [2.05, 4.69) is 139 Å². The van der Waals surface area contributed by atoms with E-state index in [1.165, 1.54) is 63.6 Å². The largest absolute Gasteiger partial charge is 0.354 e. The molecule has 0 bridgehead atoms. The standard InChI is InChI=1S/C36H23NS/c1-4-11-28-23(8-1)18-21-34-35(28)31-14-7-15-33(36(31)38-34)37-26-19-16-24(17-20-26)32-22-25-9-2-3-10-27(25)29-12-5-6-13-30(29)32/h1-22,37H. The van der Waals surface area contributed by atoms with Crippen LogP contribution in [0.4, 0.5) is 11.4 Å². The summed E-state index contributed by atoms with van der Waals surface area (Å²) in [6.07, 6.45) is 0. The minimum absolute atomic E-state index is 1.09. The first-order chi connectivity index (χ1) is 18.8. The van der Waals surface area contributed by atoms with Gasteiger partial charge in [-0.1, -0.05) is 103 Å². The van der Waals surface area contributed by atoms with Gasteiger partial charge >= 0.3 is 0 Å². The molecule has 0 fully saturated rings. The Kier molecular flexibility index (Phi) is 4.76. The number of anilines is 2. The molecular formula is C36H23NS. The van der Waals surface area contributed by atoms with E-state index < -0.39 is 0 Å². The number of nitrogens with one attached hydrogen (secondary N) is 1. The molecule has 7 aromatic carbocycles. The minimum atomic E-state index is 1.09. The first-order valence-corrected chi connectivity index (χ1v) is 13.8. The lowest BCUT2D eigenvalue weighted by atomic mass is 9.93. The predicted molar refractivity (Wildman–Crippen MR) is 167 cm³/mol. The molecule has 0 aliphatic carbocycles. The van der Waals surface area contributed by atoms with Gasteiger partial charge in [-0.2, -0.15) is 0 Å². The molecule has 38 heavy (non-hydrogen) atoms. The van der Waals surface area contributed by atoms with Crippen LogP contribution in [-0.4, -0.2) is 0 Å². The van der Waals surface area contributed by atoms with Crippen molar-refractivity contribution < 1.29 is 0 Å². The van der Waals surface area contributed by atoms with Gasteiger partial charge in [-0.05, 0) is 73.8 Å². The van der Waals surface area contributed by atoms with Crippen molar-refractivity contribution in [3.05, 3.63) is 133 Å². The van der Waals surface area contributed by atoms with Crippen molar-refractivity contribution in [3.8, 4) is 11.1 Å². The van der Waals surface area contributed by atoms with Crippen molar-refractivity contribution in [2.75, 3.05) is 5.32 Å². The van der Waals surface area contributed by atoms with E-state index in [0.717, 1.165) is 11.4 Å². The molecule has 0 spiro atoms. The summed E-state index contributed by atoms with van der Waals surface area (Å²) in [5.74, 6) is 0. The van der Waals surface area contributed by atoms with Crippen molar-refractivity contribution in [3.63, 3.8) is 0 Å². The molecule has 0 aliphatic rings. The number of fused-ring (bicyclic) bond motifs is 8. The van der Waals surface area contributed by atoms with Gasteiger partial charge in [0.15, 0.2) is 0 Å². The van der Waals surface area contributed by atoms with Crippen LogP contribution in [0.2, 0.25) is 0 Å². The number of rotatable bonds is 3. The quantitative estimate of drug-likeness (QED) is 0.237. The van der Waals surface area contributed by atoms with E-state index in [9.17, 15) is 0 Å². The molecule has 8 aromatic rings. The molecule has 1 aromatic heterocycles. The zero-order valence-electron chi connectivity index (χ0n) is 20.6. The Morgan fingerprint density at radius 1 is 0.474 bits per heavy atom. The fourth-order valence-corrected chi connectivity index (χ4v) is 7.04. The number of benzene rings is 7. The number of hydrogen-bond acceptors (Lipinski definition) is 2. The average molecular weight is 502 g/mol. The summed E-state index contributed by atoms with van der Waals surface area (Å²) >= 11 is 1.86. The number of hydrogen-bond donors (Lipinski definition) is 1. The van der Waals surface area contributed by atoms with Gasteiger partial charge in [-0.25, -0.2) is 0 Å². The smallest absolute Gasteiger partial charge is 0.0590 e.